The molecule has 2 aliphatic rings. The number of rotatable bonds is 5. The number of likely N-dealkylation sites (tertiary alicyclic amines) is 1. The van der Waals surface area contributed by atoms with Gasteiger partial charge in [0.25, 0.3) is 5.69 Å². The largest absolute Gasteiger partial charge is 0.496 e. The zero-order valence-corrected chi connectivity index (χ0v) is 14.6. The van der Waals surface area contributed by atoms with E-state index >= 15 is 0 Å². The molecule has 1 heterocycles. The van der Waals surface area contributed by atoms with E-state index < -0.39 is 4.92 Å². The van der Waals surface area contributed by atoms with Crippen molar-refractivity contribution < 1.29 is 19.2 Å². The molecule has 0 amide bonds. The van der Waals surface area contributed by atoms with Crippen LogP contribution in [-0.4, -0.2) is 42.1 Å². The predicted octanol–water partition coefficient (Wildman–Crippen LogP) is 2.91. The average Bonchev–Trinajstić information content (AvgIpc) is 2.99. The number of carbonyl (C=O) groups excluding carboxylic acids is 1. The molecule has 2 fully saturated rings. The van der Waals surface area contributed by atoms with Crippen LogP contribution >= 0.6 is 0 Å². The van der Waals surface area contributed by atoms with E-state index in [-0.39, 0.29) is 17.7 Å². The summed E-state index contributed by atoms with van der Waals surface area (Å²) in [5.74, 6) is 0.870. The van der Waals surface area contributed by atoms with Gasteiger partial charge in [-0.1, -0.05) is 12.8 Å². The number of nitro benzene ring substituents is 1. The maximum absolute atomic E-state index is 12.3. The topological polar surface area (TPSA) is 81.9 Å². The average molecular weight is 348 g/mol. The molecule has 1 saturated heterocycles. The number of fused-ring (bicyclic) bond motifs is 1. The van der Waals surface area contributed by atoms with E-state index in [1.54, 1.807) is 19.2 Å². The van der Waals surface area contributed by atoms with Gasteiger partial charge in [0.2, 0.25) is 0 Å². The summed E-state index contributed by atoms with van der Waals surface area (Å²) in [5, 5.41) is 11.1. The van der Waals surface area contributed by atoms with Crippen LogP contribution < -0.4 is 4.74 Å². The van der Waals surface area contributed by atoms with Gasteiger partial charge in [0.05, 0.1) is 19.1 Å². The Labute approximate surface area is 147 Å². The molecule has 0 radical (unpaired) electrons. The number of benzene rings is 1. The smallest absolute Gasteiger partial charge is 0.323 e. The molecular formula is C18H24N2O5. The summed E-state index contributed by atoms with van der Waals surface area (Å²) in [4.78, 5) is 25.2. The first-order chi connectivity index (χ1) is 12.0. The second-order valence-electron chi connectivity index (χ2n) is 6.81. The van der Waals surface area contributed by atoms with Crippen molar-refractivity contribution >= 4 is 11.7 Å². The maximum Gasteiger partial charge on any atom is 0.323 e. The van der Waals surface area contributed by atoms with E-state index in [0.717, 1.165) is 31.2 Å². The molecule has 136 valence electrons. The summed E-state index contributed by atoms with van der Waals surface area (Å²) in [5.41, 5.74) is 0.765. The van der Waals surface area contributed by atoms with Crippen LogP contribution in [0.15, 0.2) is 18.2 Å². The van der Waals surface area contributed by atoms with Crippen molar-refractivity contribution in [3.8, 4) is 5.75 Å². The van der Waals surface area contributed by atoms with Crippen LogP contribution in [0.5, 0.6) is 5.75 Å². The van der Waals surface area contributed by atoms with Gasteiger partial charge in [-0.3, -0.25) is 19.8 Å². The zero-order valence-electron chi connectivity index (χ0n) is 14.6. The fourth-order valence-electron chi connectivity index (χ4n) is 4.35. The molecule has 25 heavy (non-hydrogen) atoms. The lowest BCUT2D eigenvalue weighted by atomic mass is 9.84. The Hall–Kier alpha value is -2.15. The number of nitro groups is 1. The SMILES string of the molecule is COC(=O)C1CC2CCCCC2N1Cc1cc([N+](=O)[O-])ccc1OC. The summed E-state index contributed by atoms with van der Waals surface area (Å²) in [6.07, 6.45) is 5.32. The fraction of sp³-hybridized carbons (Fsp3) is 0.611. The van der Waals surface area contributed by atoms with Gasteiger partial charge in [-0.05, 0) is 31.2 Å². The van der Waals surface area contributed by atoms with Crippen LogP contribution in [0, 0.1) is 16.0 Å². The van der Waals surface area contributed by atoms with Crippen molar-refractivity contribution in [3.05, 3.63) is 33.9 Å². The van der Waals surface area contributed by atoms with Crippen LogP contribution in [0.1, 0.15) is 37.7 Å². The predicted molar refractivity (Wildman–Crippen MR) is 91.4 cm³/mol. The third-order valence-electron chi connectivity index (χ3n) is 5.52. The van der Waals surface area contributed by atoms with E-state index in [1.807, 2.05) is 0 Å². The first kappa shape index (κ1) is 17.7. The van der Waals surface area contributed by atoms with Gasteiger partial charge in [-0.2, -0.15) is 0 Å². The molecule has 1 saturated carbocycles. The molecule has 0 bridgehead atoms. The lowest BCUT2D eigenvalue weighted by molar-refractivity contribution is -0.385. The standard InChI is InChI=1S/C18H24N2O5/c1-24-17-8-7-14(20(22)23)9-13(17)11-19-15-6-4-3-5-12(15)10-16(19)18(21)25-2/h7-9,12,15-16H,3-6,10-11H2,1-2H3. The highest BCUT2D eigenvalue weighted by Crippen LogP contribution is 2.41. The van der Waals surface area contributed by atoms with Crippen LogP contribution in [0.2, 0.25) is 0 Å². The molecule has 3 atom stereocenters. The highest BCUT2D eigenvalue weighted by Gasteiger charge is 2.45. The lowest BCUT2D eigenvalue weighted by Gasteiger charge is -2.33. The van der Waals surface area contributed by atoms with Gasteiger partial charge < -0.3 is 9.47 Å². The Balaban J connectivity index is 1.91. The first-order valence-corrected chi connectivity index (χ1v) is 8.70. The number of carbonyl (C=O) groups is 1. The molecule has 1 aromatic rings. The monoisotopic (exact) mass is 348 g/mol. The number of ether oxygens (including phenoxy) is 2. The molecule has 1 aliphatic carbocycles. The maximum atomic E-state index is 12.3. The van der Waals surface area contributed by atoms with Gasteiger partial charge in [0.15, 0.2) is 0 Å². The number of esters is 1. The normalized spacial score (nSPS) is 26.1. The van der Waals surface area contributed by atoms with Crippen molar-refractivity contribution in [3.63, 3.8) is 0 Å². The number of methoxy groups -OCH3 is 2. The molecule has 0 aromatic heterocycles. The van der Waals surface area contributed by atoms with Gasteiger partial charge in [-0.25, -0.2) is 0 Å². The quantitative estimate of drug-likeness (QED) is 0.462. The van der Waals surface area contributed by atoms with Gasteiger partial charge >= 0.3 is 5.97 Å². The van der Waals surface area contributed by atoms with Crippen molar-refractivity contribution in [2.75, 3.05) is 14.2 Å². The summed E-state index contributed by atoms with van der Waals surface area (Å²) < 4.78 is 10.4. The molecule has 3 unspecified atom stereocenters. The molecule has 3 rings (SSSR count). The second kappa shape index (κ2) is 7.39. The van der Waals surface area contributed by atoms with Crippen LogP contribution in [0.25, 0.3) is 0 Å². The minimum atomic E-state index is -0.409. The second-order valence-corrected chi connectivity index (χ2v) is 6.81. The van der Waals surface area contributed by atoms with Crippen LogP contribution in [0.4, 0.5) is 5.69 Å². The van der Waals surface area contributed by atoms with Crippen molar-refractivity contribution in [1.82, 2.24) is 4.90 Å². The molecule has 0 spiro atoms. The number of non-ortho nitro benzene ring substituents is 1. The van der Waals surface area contributed by atoms with Gasteiger partial charge in [-0.15, -0.1) is 0 Å². The molecule has 0 N–H and O–H groups in total. The Morgan fingerprint density at radius 3 is 2.76 bits per heavy atom. The van der Waals surface area contributed by atoms with Gasteiger partial charge in [0, 0.05) is 30.3 Å². The van der Waals surface area contributed by atoms with Crippen molar-refractivity contribution in [2.45, 2.75) is 50.7 Å². The third-order valence-corrected chi connectivity index (χ3v) is 5.52. The van der Waals surface area contributed by atoms with Crippen LogP contribution in [-0.2, 0) is 16.1 Å². The highest BCUT2D eigenvalue weighted by molar-refractivity contribution is 5.76. The zero-order chi connectivity index (χ0) is 18.0. The van der Waals surface area contributed by atoms with E-state index in [9.17, 15) is 14.9 Å². The molecule has 7 nitrogen and oxygen atoms in total. The van der Waals surface area contributed by atoms with E-state index in [2.05, 4.69) is 4.90 Å². The summed E-state index contributed by atoms with van der Waals surface area (Å²) in [7, 11) is 2.96. The lowest BCUT2D eigenvalue weighted by Crippen LogP contribution is -2.42. The van der Waals surface area contributed by atoms with Crippen molar-refractivity contribution in [1.29, 1.82) is 0 Å². The Morgan fingerprint density at radius 1 is 1.32 bits per heavy atom. The number of nitrogens with zero attached hydrogens (tertiary/aromatic N) is 2. The Morgan fingerprint density at radius 2 is 2.08 bits per heavy atom. The van der Waals surface area contributed by atoms with E-state index in [0.29, 0.717) is 24.3 Å². The summed E-state index contributed by atoms with van der Waals surface area (Å²) in [6.45, 7) is 0.450. The minimum Gasteiger partial charge on any atom is -0.496 e. The van der Waals surface area contributed by atoms with E-state index in [1.165, 1.54) is 19.6 Å². The Kier molecular flexibility index (Phi) is 5.22. The summed E-state index contributed by atoms with van der Waals surface area (Å²) >= 11 is 0. The number of hydrogen-bond acceptors (Lipinski definition) is 6. The molecule has 1 aromatic carbocycles. The van der Waals surface area contributed by atoms with Crippen molar-refractivity contribution in [2.24, 2.45) is 5.92 Å². The van der Waals surface area contributed by atoms with Crippen LogP contribution in [0.3, 0.4) is 0 Å². The number of hydrogen-bond donors (Lipinski definition) is 0. The molecule has 7 heteroatoms. The summed E-state index contributed by atoms with van der Waals surface area (Å²) in [6, 6.07) is 4.63. The van der Waals surface area contributed by atoms with Gasteiger partial charge in [0.1, 0.15) is 11.8 Å². The van der Waals surface area contributed by atoms with E-state index in [4.69, 9.17) is 9.47 Å². The fourth-order valence-corrected chi connectivity index (χ4v) is 4.35. The minimum absolute atomic E-state index is 0.0322. The first-order valence-electron chi connectivity index (χ1n) is 8.70. The molecular weight excluding hydrogens is 324 g/mol. The Bertz CT molecular complexity index is 663. The highest BCUT2D eigenvalue weighted by atomic mass is 16.6. The molecule has 1 aliphatic heterocycles. The third kappa shape index (κ3) is 3.46.